The number of likely N-dealkylation sites (tertiary alicyclic amines) is 1. The molecule has 1 atom stereocenters. The fraction of sp³-hybridized carbons (Fsp3) is 0.476. The molecular weight excluding hydrogens is 340 g/mol. The second-order valence-corrected chi connectivity index (χ2v) is 7.21. The number of carbonyl (C=O) groups excluding carboxylic acids is 2. The van der Waals surface area contributed by atoms with Crippen LogP contribution in [0.15, 0.2) is 42.7 Å². The van der Waals surface area contributed by atoms with E-state index in [2.05, 4.69) is 27.0 Å². The smallest absolute Gasteiger partial charge is 0.223 e. The number of carbonyl (C=O) groups is 2. The fourth-order valence-electron chi connectivity index (χ4n) is 3.66. The van der Waals surface area contributed by atoms with Crippen molar-refractivity contribution in [1.82, 2.24) is 19.8 Å². The maximum Gasteiger partial charge on any atom is 0.223 e. The Morgan fingerprint density at radius 2 is 1.93 bits per heavy atom. The van der Waals surface area contributed by atoms with Crippen LogP contribution in [0.3, 0.4) is 0 Å². The van der Waals surface area contributed by atoms with Crippen LogP contribution >= 0.6 is 0 Å². The molecule has 0 radical (unpaired) electrons. The van der Waals surface area contributed by atoms with Crippen LogP contribution in [0.25, 0.3) is 0 Å². The SMILES string of the molecule is CC(=O)N1CCC(C(=O)N[C@H](CCn2ccnc2C)c2ccccc2)CC1. The first-order chi connectivity index (χ1) is 13.0. The molecule has 2 amide bonds. The molecule has 2 aromatic rings. The average Bonchev–Trinajstić information content (AvgIpc) is 3.10. The first-order valence-electron chi connectivity index (χ1n) is 9.63. The normalized spacial score (nSPS) is 16.1. The van der Waals surface area contributed by atoms with E-state index >= 15 is 0 Å². The molecule has 0 unspecified atom stereocenters. The molecule has 1 saturated heterocycles. The summed E-state index contributed by atoms with van der Waals surface area (Å²) in [5.74, 6) is 1.13. The van der Waals surface area contributed by atoms with Gasteiger partial charge >= 0.3 is 0 Å². The Hall–Kier alpha value is -2.63. The van der Waals surface area contributed by atoms with Gasteiger partial charge in [-0.3, -0.25) is 9.59 Å². The number of nitrogens with one attached hydrogen (secondary N) is 1. The molecule has 144 valence electrons. The molecular formula is C21H28N4O2. The molecule has 1 aromatic carbocycles. The molecule has 0 saturated carbocycles. The van der Waals surface area contributed by atoms with Crippen LogP contribution in [-0.2, 0) is 16.1 Å². The second-order valence-electron chi connectivity index (χ2n) is 7.21. The molecule has 27 heavy (non-hydrogen) atoms. The lowest BCUT2D eigenvalue weighted by Crippen LogP contribution is -2.43. The molecule has 0 spiro atoms. The van der Waals surface area contributed by atoms with E-state index < -0.39 is 0 Å². The van der Waals surface area contributed by atoms with E-state index in [0.29, 0.717) is 13.1 Å². The third kappa shape index (κ3) is 4.96. The summed E-state index contributed by atoms with van der Waals surface area (Å²) in [4.78, 5) is 30.4. The summed E-state index contributed by atoms with van der Waals surface area (Å²) >= 11 is 0. The van der Waals surface area contributed by atoms with Gasteiger partial charge in [0.15, 0.2) is 0 Å². The van der Waals surface area contributed by atoms with Crippen molar-refractivity contribution < 1.29 is 9.59 Å². The number of benzene rings is 1. The van der Waals surface area contributed by atoms with Crippen LogP contribution in [-0.4, -0.2) is 39.4 Å². The predicted molar refractivity (Wildman–Crippen MR) is 104 cm³/mol. The van der Waals surface area contributed by atoms with Gasteiger partial charge in [0.2, 0.25) is 11.8 Å². The van der Waals surface area contributed by atoms with Crippen molar-refractivity contribution in [3.8, 4) is 0 Å². The summed E-state index contributed by atoms with van der Waals surface area (Å²) in [7, 11) is 0. The Balaban J connectivity index is 1.63. The number of amides is 2. The van der Waals surface area contributed by atoms with Gasteiger partial charge in [0.05, 0.1) is 6.04 Å². The Morgan fingerprint density at radius 1 is 1.22 bits per heavy atom. The topological polar surface area (TPSA) is 67.2 Å². The fourth-order valence-corrected chi connectivity index (χ4v) is 3.66. The van der Waals surface area contributed by atoms with Gasteiger partial charge in [-0.15, -0.1) is 0 Å². The van der Waals surface area contributed by atoms with Crippen molar-refractivity contribution in [3.63, 3.8) is 0 Å². The molecule has 0 aliphatic carbocycles. The summed E-state index contributed by atoms with van der Waals surface area (Å²) in [5, 5.41) is 3.25. The average molecular weight is 368 g/mol. The summed E-state index contributed by atoms with van der Waals surface area (Å²) in [6, 6.07) is 10.1. The minimum Gasteiger partial charge on any atom is -0.349 e. The maximum absolute atomic E-state index is 12.9. The summed E-state index contributed by atoms with van der Waals surface area (Å²) in [5.41, 5.74) is 1.12. The molecule has 1 N–H and O–H groups in total. The van der Waals surface area contributed by atoms with E-state index in [9.17, 15) is 9.59 Å². The minimum atomic E-state index is -0.0358. The standard InChI is InChI=1S/C21H28N4O2/c1-16-22-11-15-24(16)14-10-20(18-6-4-3-5-7-18)23-21(27)19-8-12-25(13-9-19)17(2)26/h3-7,11,15,19-20H,8-10,12-14H2,1-2H3,(H,23,27)/t20-/m1/s1. The quantitative estimate of drug-likeness (QED) is 0.852. The van der Waals surface area contributed by atoms with E-state index in [-0.39, 0.29) is 23.8 Å². The first-order valence-corrected chi connectivity index (χ1v) is 9.63. The Labute approximate surface area is 160 Å². The predicted octanol–water partition coefficient (Wildman–Crippen LogP) is 2.70. The van der Waals surface area contributed by atoms with Crippen LogP contribution in [0, 0.1) is 12.8 Å². The first kappa shape index (κ1) is 19.1. The highest BCUT2D eigenvalue weighted by Gasteiger charge is 2.27. The van der Waals surface area contributed by atoms with Crippen molar-refractivity contribution >= 4 is 11.8 Å². The van der Waals surface area contributed by atoms with Crippen LogP contribution in [0.1, 0.15) is 43.6 Å². The zero-order chi connectivity index (χ0) is 19.2. The highest BCUT2D eigenvalue weighted by Crippen LogP contribution is 2.22. The number of aromatic nitrogens is 2. The number of hydrogen-bond donors (Lipinski definition) is 1. The third-order valence-corrected chi connectivity index (χ3v) is 5.41. The summed E-state index contributed by atoms with van der Waals surface area (Å²) in [6.07, 6.45) is 6.03. The van der Waals surface area contributed by atoms with Gasteiger partial charge in [0, 0.05) is 44.9 Å². The van der Waals surface area contributed by atoms with Crippen LogP contribution in [0.2, 0.25) is 0 Å². The molecule has 1 fully saturated rings. The number of hydrogen-bond acceptors (Lipinski definition) is 3. The zero-order valence-corrected chi connectivity index (χ0v) is 16.1. The molecule has 1 aliphatic rings. The maximum atomic E-state index is 12.9. The van der Waals surface area contributed by atoms with Crippen molar-refractivity contribution in [1.29, 1.82) is 0 Å². The van der Waals surface area contributed by atoms with E-state index in [1.165, 1.54) is 0 Å². The zero-order valence-electron chi connectivity index (χ0n) is 16.1. The third-order valence-electron chi connectivity index (χ3n) is 5.41. The number of aryl methyl sites for hydroxylation is 2. The summed E-state index contributed by atoms with van der Waals surface area (Å²) in [6.45, 7) is 5.70. The van der Waals surface area contributed by atoms with Gasteiger partial charge in [0.1, 0.15) is 5.82 Å². The van der Waals surface area contributed by atoms with Crippen molar-refractivity contribution in [3.05, 3.63) is 54.1 Å². The Bertz CT molecular complexity index is 763. The molecule has 2 heterocycles. The van der Waals surface area contributed by atoms with Gasteiger partial charge in [-0.2, -0.15) is 0 Å². The van der Waals surface area contributed by atoms with Gasteiger partial charge in [0.25, 0.3) is 0 Å². The van der Waals surface area contributed by atoms with Gasteiger partial charge in [-0.1, -0.05) is 30.3 Å². The lowest BCUT2D eigenvalue weighted by atomic mass is 9.94. The van der Waals surface area contributed by atoms with Gasteiger partial charge in [-0.25, -0.2) is 4.98 Å². The van der Waals surface area contributed by atoms with Gasteiger partial charge < -0.3 is 14.8 Å². The van der Waals surface area contributed by atoms with Gasteiger partial charge in [-0.05, 0) is 31.7 Å². The lowest BCUT2D eigenvalue weighted by Gasteiger charge is -2.31. The highest BCUT2D eigenvalue weighted by molar-refractivity contribution is 5.80. The van der Waals surface area contributed by atoms with Crippen molar-refractivity contribution in [2.24, 2.45) is 5.92 Å². The van der Waals surface area contributed by atoms with Crippen LogP contribution < -0.4 is 5.32 Å². The number of nitrogens with zero attached hydrogens (tertiary/aromatic N) is 3. The molecule has 6 nitrogen and oxygen atoms in total. The van der Waals surface area contributed by atoms with E-state index in [1.54, 1.807) is 13.1 Å². The van der Waals surface area contributed by atoms with E-state index in [4.69, 9.17) is 0 Å². The molecule has 1 aliphatic heterocycles. The second kappa shape index (κ2) is 8.84. The van der Waals surface area contributed by atoms with Crippen LogP contribution in [0.4, 0.5) is 0 Å². The van der Waals surface area contributed by atoms with Crippen molar-refractivity contribution in [2.45, 2.75) is 45.7 Å². The number of imidazole rings is 1. The van der Waals surface area contributed by atoms with E-state index in [0.717, 1.165) is 37.2 Å². The molecule has 0 bridgehead atoms. The monoisotopic (exact) mass is 368 g/mol. The molecule has 3 rings (SSSR count). The number of rotatable bonds is 6. The highest BCUT2D eigenvalue weighted by atomic mass is 16.2. The lowest BCUT2D eigenvalue weighted by molar-refractivity contribution is -0.134. The van der Waals surface area contributed by atoms with Crippen molar-refractivity contribution in [2.75, 3.05) is 13.1 Å². The molecule has 1 aromatic heterocycles. The minimum absolute atomic E-state index is 0.0261. The summed E-state index contributed by atoms with van der Waals surface area (Å²) < 4.78 is 2.10. The van der Waals surface area contributed by atoms with E-state index in [1.807, 2.05) is 36.2 Å². The number of piperidine rings is 1. The Kier molecular flexibility index (Phi) is 6.27. The molecule has 6 heteroatoms. The Morgan fingerprint density at radius 3 is 2.52 bits per heavy atom. The largest absolute Gasteiger partial charge is 0.349 e. The van der Waals surface area contributed by atoms with Crippen LogP contribution in [0.5, 0.6) is 0 Å².